The van der Waals surface area contributed by atoms with Crippen LogP contribution in [0.4, 0.5) is 0 Å². The number of carbonyl (C=O) groups is 1. The Bertz CT molecular complexity index is 1390. The fourth-order valence-corrected chi connectivity index (χ4v) is 3.63. The highest BCUT2D eigenvalue weighted by atomic mass is 35.5. The zero-order valence-electron chi connectivity index (χ0n) is 14.9. The maximum absolute atomic E-state index is 12.2. The van der Waals surface area contributed by atoms with Crippen LogP contribution in [0, 0.1) is 0 Å². The number of rotatable bonds is 2. The molecule has 136 valence electrons. The van der Waals surface area contributed by atoms with Crippen molar-refractivity contribution in [3.05, 3.63) is 71.4 Å². The molecule has 0 atom stereocenters. The molecule has 3 aromatic heterocycles. The lowest BCUT2D eigenvalue weighted by Gasteiger charge is -2.07. The molecule has 2 aromatic carbocycles. The summed E-state index contributed by atoms with van der Waals surface area (Å²) in [6.45, 7) is 0. The van der Waals surface area contributed by atoms with Gasteiger partial charge in [-0.2, -0.15) is 0 Å². The molecule has 0 fully saturated rings. The van der Waals surface area contributed by atoms with Gasteiger partial charge in [0.2, 0.25) is 0 Å². The van der Waals surface area contributed by atoms with Gasteiger partial charge in [-0.15, -0.1) is 0 Å². The molecule has 0 saturated heterocycles. The number of nitrogens with zero attached hydrogens (tertiary/aromatic N) is 2. The molecule has 0 amide bonds. The van der Waals surface area contributed by atoms with E-state index in [1.165, 1.54) is 7.11 Å². The van der Waals surface area contributed by atoms with Gasteiger partial charge in [0, 0.05) is 26.7 Å². The van der Waals surface area contributed by atoms with Crippen molar-refractivity contribution >= 4 is 50.3 Å². The van der Waals surface area contributed by atoms with Crippen molar-refractivity contribution in [3.8, 4) is 11.4 Å². The van der Waals surface area contributed by atoms with Gasteiger partial charge in [0.05, 0.1) is 23.8 Å². The maximum atomic E-state index is 12.2. The Hall–Kier alpha value is -3.44. The Morgan fingerprint density at radius 2 is 1.82 bits per heavy atom. The van der Waals surface area contributed by atoms with Gasteiger partial charge >= 0.3 is 5.97 Å². The molecule has 5 aromatic rings. The van der Waals surface area contributed by atoms with E-state index in [2.05, 4.69) is 9.97 Å². The van der Waals surface area contributed by atoms with E-state index in [1.54, 1.807) is 6.07 Å². The molecule has 3 heterocycles. The third kappa shape index (κ3) is 2.60. The number of aromatic nitrogens is 3. The number of hydrogen-bond donors (Lipinski definition) is 1. The zero-order chi connectivity index (χ0) is 19.3. The molecule has 0 unspecified atom stereocenters. The van der Waals surface area contributed by atoms with Crippen LogP contribution in [-0.2, 0) is 4.74 Å². The number of ether oxygens (including phenoxy) is 1. The third-order valence-corrected chi connectivity index (χ3v) is 5.02. The van der Waals surface area contributed by atoms with Gasteiger partial charge in [0.1, 0.15) is 11.4 Å². The molecular formula is C22H14ClN3O2. The van der Waals surface area contributed by atoms with Crippen molar-refractivity contribution in [2.24, 2.45) is 0 Å². The first-order valence-corrected chi connectivity index (χ1v) is 9.08. The Morgan fingerprint density at radius 3 is 2.68 bits per heavy atom. The molecule has 6 heteroatoms. The highest BCUT2D eigenvalue weighted by molar-refractivity contribution is 6.31. The van der Waals surface area contributed by atoms with Crippen LogP contribution in [0.2, 0.25) is 5.02 Å². The smallest absolute Gasteiger partial charge is 0.356 e. The SMILES string of the molecule is COC(=O)c1cc2c([nH]c3ccccc32)c(-c2ccc3ccc(Cl)cc3n2)n1. The summed E-state index contributed by atoms with van der Waals surface area (Å²) >= 11 is 6.13. The van der Waals surface area contributed by atoms with Crippen LogP contribution < -0.4 is 0 Å². The number of hydrogen-bond acceptors (Lipinski definition) is 4. The van der Waals surface area contributed by atoms with Crippen LogP contribution in [0.5, 0.6) is 0 Å². The van der Waals surface area contributed by atoms with Crippen LogP contribution in [0.1, 0.15) is 10.5 Å². The lowest BCUT2D eigenvalue weighted by Crippen LogP contribution is -2.05. The minimum atomic E-state index is -0.489. The standard InChI is InChI=1S/C22H14ClN3O2/c1-28-22(27)19-11-15-14-4-2-3-5-16(14)25-20(15)21(26-19)17-9-7-12-6-8-13(23)10-18(12)24-17/h2-11,25H,1H3. The van der Waals surface area contributed by atoms with E-state index in [0.717, 1.165) is 32.7 Å². The van der Waals surface area contributed by atoms with Crippen molar-refractivity contribution in [2.45, 2.75) is 0 Å². The third-order valence-electron chi connectivity index (χ3n) is 4.79. The summed E-state index contributed by atoms with van der Waals surface area (Å²) in [6.07, 6.45) is 0. The molecule has 1 N–H and O–H groups in total. The summed E-state index contributed by atoms with van der Waals surface area (Å²) < 4.78 is 4.90. The van der Waals surface area contributed by atoms with Gasteiger partial charge in [-0.3, -0.25) is 0 Å². The van der Waals surface area contributed by atoms with E-state index in [4.69, 9.17) is 21.3 Å². The first kappa shape index (κ1) is 16.7. The van der Waals surface area contributed by atoms with Crippen molar-refractivity contribution < 1.29 is 9.53 Å². The van der Waals surface area contributed by atoms with E-state index in [1.807, 2.05) is 54.6 Å². The number of halogens is 1. The van der Waals surface area contributed by atoms with E-state index in [9.17, 15) is 4.79 Å². The van der Waals surface area contributed by atoms with E-state index < -0.39 is 5.97 Å². The number of nitrogens with one attached hydrogen (secondary N) is 1. The first-order valence-electron chi connectivity index (χ1n) is 8.70. The van der Waals surface area contributed by atoms with Gasteiger partial charge in [-0.25, -0.2) is 14.8 Å². The Labute approximate surface area is 164 Å². The summed E-state index contributed by atoms with van der Waals surface area (Å²) in [4.78, 5) is 24.9. The van der Waals surface area contributed by atoms with Gasteiger partial charge in [-0.1, -0.05) is 41.9 Å². The fourth-order valence-electron chi connectivity index (χ4n) is 3.46. The van der Waals surface area contributed by atoms with E-state index >= 15 is 0 Å². The maximum Gasteiger partial charge on any atom is 0.356 e. The molecule has 0 aliphatic heterocycles. The molecule has 0 aliphatic carbocycles. The zero-order valence-corrected chi connectivity index (χ0v) is 15.6. The molecular weight excluding hydrogens is 374 g/mol. The quantitative estimate of drug-likeness (QED) is 0.413. The molecule has 0 saturated carbocycles. The summed E-state index contributed by atoms with van der Waals surface area (Å²) in [7, 11) is 1.35. The van der Waals surface area contributed by atoms with Crippen molar-refractivity contribution in [1.82, 2.24) is 15.0 Å². The van der Waals surface area contributed by atoms with Crippen LogP contribution in [0.15, 0.2) is 60.7 Å². The number of fused-ring (bicyclic) bond motifs is 4. The Kier molecular flexibility index (Phi) is 3.77. The minimum absolute atomic E-state index is 0.239. The molecule has 0 radical (unpaired) electrons. The van der Waals surface area contributed by atoms with Gasteiger partial charge in [0.25, 0.3) is 0 Å². The number of para-hydroxylation sites is 1. The van der Waals surface area contributed by atoms with E-state index in [0.29, 0.717) is 16.4 Å². The van der Waals surface area contributed by atoms with Gasteiger partial charge in [-0.05, 0) is 30.3 Å². The average Bonchev–Trinajstić information content (AvgIpc) is 3.10. The van der Waals surface area contributed by atoms with Crippen molar-refractivity contribution in [2.75, 3.05) is 7.11 Å². The van der Waals surface area contributed by atoms with Gasteiger partial charge in [0.15, 0.2) is 0 Å². The number of H-pyrrole nitrogens is 1. The molecule has 5 rings (SSSR count). The lowest BCUT2D eigenvalue weighted by molar-refractivity contribution is 0.0594. The predicted molar refractivity (Wildman–Crippen MR) is 111 cm³/mol. The summed E-state index contributed by atoms with van der Waals surface area (Å²) in [5.41, 5.74) is 4.03. The number of pyridine rings is 2. The number of aromatic amines is 1. The van der Waals surface area contributed by atoms with Crippen molar-refractivity contribution in [3.63, 3.8) is 0 Å². The Balaban J connectivity index is 1.85. The molecule has 0 aliphatic rings. The fraction of sp³-hybridized carbons (Fsp3) is 0.0455. The second-order valence-electron chi connectivity index (χ2n) is 6.47. The lowest BCUT2D eigenvalue weighted by atomic mass is 10.1. The van der Waals surface area contributed by atoms with Crippen LogP contribution in [-0.4, -0.2) is 28.0 Å². The van der Waals surface area contributed by atoms with Crippen LogP contribution in [0.25, 0.3) is 44.1 Å². The predicted octanol–water partition coefficient (Wildman–Crippen LogP) is 5.37. The number of methoxy groups -OCH3 is 1. The highest BCUT2D eigenvalue weighted by Gasteiger charge is 2.18. The monoisotopic (exact) mass is 387 g/mol. The molecule has 5 nitrogen and oxygen atoms in total. The van der Waals surface area contributed by atoms with Crippen molar-refractivity contribution in [1.29, 1.82) is 0 Å². The van der Waals surface area contributed by atoms with Gasteiger partial charge < -0.3 is 9.72 Å². The second kappa shape index (κ2) is 6.32. The second-order valence-corrected chi connectivity index (χ2v) is 6.91. The largest absolute Gasteiger partial charge is 0.464 e. The molecule has 0 spiro atoms. The topological polar surface area (TPSA) is 67.9 Å². The van der Waals surface area contributed by atoms with Crippen LogP contribution in [0.3, 0.4) is 0 Å². The number of benzene rings is 2. The summed E-state index contributed by atoms with van der Waals surface area (Å²) in [5, 5.41) is 3.50. The highest BCUT2D eigenvalue weighted by Crippen LogP contribution is 2.33. The number of esters is 1. The number of carbonyl (C=O) groups excluding carboxylic acids is 1. The average molecular weight is 388 g/mol. The summed E-state index contributed by atoms with van der Waals surface area (Å²) in [5.74, 6) is -0.489. The first-order chi connectivity index (χ1) is 13.6. The Morgan fingerprint density at radius 1 is 1.00 bits per heavy atom. The summed E-state index contributed by atoms with van der Waals surface area (Å²) in [6, 6.07) is 19.1. The molecule has 0 bridgehead atoms. The van der Waals surface area contributed by atoms with Crippen LogP contribution >= 0.6 is 11.6 Å². The normalized spacial score (nSPS) is 11.4. The van der Waals surface area contributed by atoms with E-state index in [-0.39, 0.29) is 5.69 Å². The minimum Gasteiger partial charge on any atom is -0.464 e. The molecule has 28 heavy (non-hydrogen) atoms.